The first-order chi connectivity index (χ1) is 13.4. The van der Waals surface area contributed by atoms with Crippen LogP contribution >= 0.6 is 0 Å². The van der Waals surface area contributed by atoms with Crippen LogP contribution in [0.25, 0.3) is 0 Å². The summed E-state index contributed by atoms with van der Waals surface area (Å²) in [6.45, 7) is 19.2. The van der Waals surface area contributed by atoms with Gasteiger partial charge in [-0.2, -0.15) is 0 Å². The molecule has 0 aliphatic carbocycles. The summed E-state index contributed by atoms with van der Waals surface area (Å²) >= 11 is 0. The maximum Gasteiger partial charge on any atom is 0.190 e. The van der Waals surface area contributed by atoms with Gasteiger partial charge in [0.2, 0.25) is 0 Å². The van der Waals surface area contributed by atoms with Crippen LogP contribution in [0.3, 0.4) is 0 Å². The van der Waals surface area contributed by atoms with Crippen molar-refractivity contribution in [3.8, 4) is 0 Å². The maximum absolute atomic E-state index is 6.10. The first kappa shape index (κ1) is 23.4. The Kier molecular flexibility index (Phi) is 10.0. The number of piperazine rings is 1. The lowest BCUT2D eigenvalue weighted by Crippen LogP contribution is -2.47. The van der Waals surface area contributed by atoms with Gasteiger partial charge >= 0.3 is 0 Å². The molecule has 0 spiro atoms. The van der Waals surface area contributed by atoms with Gasteiger partial charge in [-0.15, -0.1) is 0 Å². The molecule has 0 aromatic carbocycles. The lowest BCUT2D eigenvalue weighted by molar-refractivity contribution is -0.0835. The van der Waals surface area contributed by atoms with E-state index in [1.54, 1.807) is 0 Å². The number of hydrogen-bond donors (Lipinski definition) is 2. The largest absolute Gasteiger partial charge is 0.377 e. The van der Waals surface area contributed by atoms with Gasteiger partial charge in [-0.05, 0) is 44.2 Å². The zero-order valence-corrected chi connectivity index (χ0v) is 19.1. The number of unbranched alkanes of at least 4 members (excludes halogenated alkanes) is 1. The summed E-state index contributed by atoms with van der Waals surface area (Å²) in [5.41, 5.74) is 0.187. The molecule has 2 aliphatic rings. The van der Waals surface area contributed by atoms with Crippen LogP contribution in [0.4, 0.5) is 0 Å². The predicted octanol–water partition coefficient (Wildman–Crippen LogP) is 2.41. The Hall–Kier alpha value is -0.850. The highest BCUT2D eigenvalue weighted by atomic mass is 16.5. The molecule has 2 heterocycles. The molecule has 28 heavy (non-hydrogen) atoms. The van der Waals surface area contributed by atoms with Gasteiger partial charge in [0.1, 0.15) is 0 Å². The second-order valence-electron chi connectivity index (χ2n) is 9.42. The van der Waals surface area contributed by atoms with Crippen molar-refractivity contribution in [2.75, 3.05) is 66.0 Å². The van der Waals surface area contributed by atoms with Crippen molar-refractivity contribution in [3.63, 3.8) is 0 Å². The fourth-order valence-electron chi connectivity index (χ4n) is 4.45. The second-order valence-corrected chi connectivity index (χ2v) is 9.42. The summed E-state index contributed by atoms with van der Waals surface area (Å²) in [5.74, 6) is 1.48. The van der Waals surface area contributed by atoms with Crippen LogP contribution in [0.5, 0.6) is 0 Å². The molecule has 2 unspecified atom stereocenters. The summed E-state index contributed by atoms with van der Waals surface area (Å²) in [4.78, 5) is 9.55. The van der Waals surface area contributed by atoms with Crippen LogP contribution in [-0.4, -0.2) is 87.9 Å². The van der Waals surface area contributed by atoms with E-state index in [0.29, 0.717) is 12.0 Å². The predicted molar refractivity (Wildman–Crippen MR) is 119 cm³/mol. The fraction of sp³-hybridized carbons (Fsp3) is 0.955. The second kappa shape index (κ2) is 12.0. The molecule has 0 amide bonds. The SMILES string of the molecule is CCN1CCN(CCCCNC(=NC)NCC2CCCOC2C(C)(C)C)CC1. The Balaban J connectivity index is 1.60. The zero-order valence-electron chi connectivity index (χ0n) is 19.1. The first-order valence-corrected chi connectivity index (χ1v) is 11.4. The van der Waals surface area contributed by atoms with E-state index in [1.165, 1.54) is 58.5 Å². The molecule has 6 nitrogen and oxygen atoms in total. The lowest BCUT2D eigenvalue weighted by Gasteiger charge is -2.40. The summed E-state index contributed by atoms with van der Waals surface area (Å²) in [6.07, 6.45) is 5.15. The minimum atomic E-state index is 0.187. The normalized spacial score (nSPS) is 25.7. The van der Waals surface area contributed by atoms with Crippen molar-refractivity contribution in [1.82, 2.24) is 20.4 Å². The van der Waals surface area contributed by atoms with Gasteiger partial charge in [-0.25, -0.2) is 0 Å². The molecule has 2 aliphatic heterocycles. The van der Waals surface area contributed by atoms with Crippen molar-refractivity contribution in [1.29, 1.82) is 0 Å². The number of guanidine groups is 1. The monoisotopic (exact) mass is 395 g/mol. The molecule has 164 valence electrons. The molecule has 0 bridgehead atoms. The van der Waals surface area contributed by atoms with Crippen LogP contribution in [0.15, 0.2) is 4.99 Å². The Morgan fingerprint density at radius 2 is 1.79 bits per heavy atom. The Morgan fingerprint density at radius 1 is 1.07 bits per heavy atom. The minimum absolute atomic E-state index is 0.187. The van der Waals surface area contributed by atoms with Gasteiger partial charge in [0.25, 0.3) is 0 Å². The highest BCUT2D eigenvalue weighted by Crippen LogP contribution is 2.33. The van der Waals surface area contributed by atoms with Crippen LogP contribution in [0, 0.1) is 11.3 Å². The minimum Gasteiger partial charge on any atom is -0.377 e. The van der Waals surface area contributed by atoms with Crippen LogP contribution in [0.2, 0.25) is 0 Å². The van der Waals surface area contributed by atoms with Gasteiger partial charge in [-0.3, -0.25) is 4.99 Å². The van der Waals surface area contributed by atoms with Crippen LogP contribution < -0.4 is 10.6 Å². The van der Waals surface area contributed by atoms with E-state index < -0.39 is 0 Å². The number of nitrogens with zero attached hydrogens (tertiary/aromatic N) is 3. The summed E-state index contributed by atoms with van der Waals surface area (Å²) in [5, 5.41) is 7.02. The highest BCUT2D eigenvalue weighted by molar-refractivity contribution is 5.79. The zero-order chi connectivity index (χ0) is 20.4. The molecule has 0 radical (unpaired) electrons. The Morgan fingerprint density at radius 3 is 2.43 bits per heavy atom. The molecule has 0 saturated carbocycles. The molecule has 2 N–H and O–H groups in total. The number of likely N-dealkylation sites (N-methyl/N-ethyl adjacent to an activating group) is 1. The molecule has 0 aromatic rings. The van der Waals surface area contributed by atoms with E-state index >= 15 is 0 Å². The standard InChI is InChI=1S/C22H45N5O/c1-6-26-13-15-27(16-14-26)12-8-7-11-24-21(23-5)25-18-19-10-9-17-28-20(19)22(2,3)4/h19-20H,6-18H2,1-5H3,(H2,23,24,25). The highest BCUT2D eigenvalue weighted by Gasteiger charge is 2.35. The van der Waals surface area contributed by atoms with Crippen LogP contribution in [-0.2, 0) is 4.74 Å². The van der Waals surface area contributed by atoms with Gasteiger partial charge in [0, 0.05) is 58.8 Å². The third-order valence-corrected chi connectivity index (χ3v) is 6.16. The van der Waals surface area contributed by atoms with Crippen LogP contribution in [0.1, 0.15) is 53.4 Å². The third kappa shape index (κ3) is 7.88. The summed E-state index contributed by atoms with van der Waals surface area (Å²) in [6, 6.07) is 0. The van der Waals surface area contributed by atoms with Crippen molar-refractivity contribution < 1.29 is 4.74 Å². The molecule has 2 atom stereocenters. The van der Waals surface area contributed by atoms with E-state index in [9.17, 15) is 0 Å². The lowest BCUT2D eigenvalue weighted by atomic mass is 9.78. The maximum atomic E-state index is 6.10. The smallest absolute Gasteiger partial charge is 0.190 e. The molecule has 0 aromatic heterocycles. The molecule has 2 rings (SSSR count). The topological polar surface area (TPSA) is 52.1 Å². The number of hydrogen-bond acceptors (Lipinski definition) is 4. The van der Waals surface area contributed by atoms with E-state index in [1.807, 2.05) is 7.05 Å². The molecule has 2 fully saturated rings. The van der Waals surface area contributed by atoms with E-state index in [2.05, 4.69) is 53.1 Å². The Bertz CT molecular complexity index is 454. The van der Waals surface area contributed by atoms with Crippen molar-refractivity contribution >= 4 is 5.96 Å². The quantitative estimate of drug-likeness (QED) is 0.376. The average Bonchev–Trinajstić information content (AvgIpc) is 2.70. The molecular formula is C22H45N5O. The number of nitrogens with one attached hydrogen (secondary N) is 2. The van der Waals surface area contributed by atoms with Crippen molar-refractivity contribution in [3.05, 3.63) is 0 Å². The third-order valence-electron chi connectivity index (χ3n) is 6.16. The average molecular weight is 396 g/mol. The van der Waals surface area contributed by atoms with E-state index in [0.717, 1.165) is 32.1 Å². The van der Waals surface area contributed by atoms with E-state index in [4.69, 9.17) is 4.74 Å². The van der Waals surface area contributed by atoms with Crippen molar-refractivity contribution in [2.24, 2.45) is 16.3 Å². The van der Waals surface area contributed by atoms with Gasteiger partial charge in [0.05, 0.1) is 6.10 Å². The van der Waals surface area contributed by atoms with Gasteiger partial charge in [0.15, 0.2) is 5.96 Å². The Labute approximate surface area is 173 Å². The number of ether oxygens (including phenoxy) is 1. The molecule has 2 saturated heterocycles. The fourth-order valence-corrected chi connectivity index (χ4v) is 4.45. The summed E-state index contributed by atoms with van der Waals surface area (Å²) in [7, 11) is 1.86. The molecular weight excluding hydrogens is 350 g/mol. The number of aliphatic imine (C=N–C) groups is 1. The first-order valence-electron chi connectivity index (χ1n) is 11.4. The molecule has 6 heteroatoms. The van der Waals surface area contributed by atoms with Gasteiger partial charge < -0.3 is 25.2 Å². The van der Waals surface area contributed by atoms with Gasteiger partial charge in [-0.1, -0.05) is 27.7 Å². The van der Waals surface area contributed by atoms with Crippen molar-refractivity contribution in [2.45, 2.75) is 59.5 Å². The number of rotatable bonds is 8. The van der Waals surface area contributed by atoms with E-state index in [-0.39, 0.29) is 5.41 Å². The summed E-state index contributed by atoms with van der Waals surface area (Å²) < 4.78 is 6.10.